The van der Waals surface area contributed by atoms with Crippen LogP contribution >= 0.6 is 0 Å². The number of hydrogen-bond donors (Lipinski definition) is 0. The number of oxazole rings is 1. The maximum absolute atomic E-state index is 12.8. The fraction of sp³-hybridized carbons (Fsp3) is 0.444. The summed E-state index contributed by atoms with van der Waals surface area (Å²) in [6, 6.07) is 3.73. The quantitative estimate of drug-likeness (QED) is 0.679. The van der Waals surface area contributed by atoms with Crippen LogP contribution < -0.4 is 0 Å². The molecule has 3 aromatic heterocycles. The average Bonchev–Trinajstić information content (AvgIpc) is 3.42. The molecule has 1 spiro atoms. The number of likely N-dealkylation sites (tertiary alicyclic amines) is 1. The number of fused-ring (bicyclic) bond motifs is 1. The molecule has 3 aromatic rings. The molecule has 5 heterocycles. The molecule has 5 rings (SSSR count). The lowest BCUT2D eigenvalue weighted by molar-refractivity contribution is -0.0805. The molecule has 0 saturated carbocycles. The van der Waals surface area contributed by atoms with Crippen molar-refractivity contribution in [3.8, 4) is 11.5 Å². The monoisotopic (exact) mass is 368 g/mol. The second-order valence-corrected chi connectivity index (χ2v) is 7.23. The predicted molar refractivity (Wildman–Crippen MR) is 93.7 cm³/mol. The topological polar surface area (TPSA) is 91.2 Å². The van der Waals surface area contributed by atoms with Gasteiger partial charge in [0.2, 0.25) is 0 Å². The summed E-state index contributed by atoms with van der Waals surface area (Å²) < 4.78 is 15.4. The summed E-state index contributed by atoms with van der Waals surface area (Å²) in [6.07, 6.45) is 4.25. The van der Waals surface area contributed by atoms with Crippen molar-refractivity contribution in [3.63, 3.8) is 0 Å². The van der Waals surface area contributed by atoms with E-state index in [0.717, 1.165) is 12.2 Å². The maximum atomic E-state index is 12.8. The minimum atomic E-state index is -0.427. The first-order valence-corrected chi connectivity index (χ1v) is 8.94. The molecule has 0 bridgehead atoms. The van der Waals surface area contributed by atoms with Gasteiger partial charge >= 0.3 is 0 Å². The van der Waals surface area contributed by atoms with E-state index in [4.69, 9.17) is 9.15 Å². The van der Waals surface area contributed by atoms with Crippen LogP contribution in [0.25, 0.3) is 11.5 Å². The van der Waals surface area contributed by atoms with Gasteiger partial charge in [0.15, 0.2) is 17.5 Å². The highest BCUT2D eigenvalue weighted by molar-refractivity contribution is 5.93. The van der Waals surface area contributed by atoms with Crippen LogP contribution in [0.5, 0.6) is 0 Å². The van der Waals surface area contributed by atoms with E-state index >= 15 is 0 Å². The number of carbonyl (C=O) groups is 1. The Labute approximate surface area is 155 Å². The number of rotatable bonds is 2. The Bertz CT molecular complexity index is 1020. The molecule has 1 unspecified atom stereocenters. The number of nitrogens with zero attached hydrogens (tertiary/aromatic N) is 6. The van der Waals surface area contributed by atoms with Gasteiger partial charge in [-0.1, -0.05) is 0 Å². The van der Waals surface area contributed by atoms with Gasteiger partial charge in [0.25, 0.3) is 5.91 Å². The standard InChI is InChI=1S/C18H20N6O3/c1-12-19-13(8-26-12)16-21-20-15-9-27-18(11-24(15)16)5-7-23(10-18)17(25)14-4-3-6-22(14)2/h3-4,6,8H,5,7,9-11H2,1-2H3. The zero-order chi connectivity index (χ0) is 18.6. The molecular weight excluding hydrogens is 348 g/mol. The van der Waals surface area contributed by atoms with Crippen LogP contribution in [0, 0.1) is 6.92 Å². The number of aryl methyl sites for hydroxylation is 2. The Balaban J connectivity index is 1.40. The van der Waals surface area contributed by atoms with Crippen LogP contribution in [-0.4, -0.2) is 53.8 Å². The summed E-state index contributed by atoms with van der Waals surface area (Å²) >= 11 is 0. The Morgan fingerprint density at radius 2 is 2.19 bits per heavy atom. The molecule has 1 fully saturated rings. The van der Waals surface area contributed by atoms with Crippen LogP contribution in [-0.2, 0) is 24.9 Å². The van der Waals surface area contributed by atoms with Gasteiger partial charge < -0.3 is 23.2 Å². The molecule has 0 aliphatic carbocycles. The lowest BCUT2D eigenvalue weighted by Gasteiger charge is -2.34. The van der Waals surface area contributed by atoms with Gasteiger partial charge in [-0.3, -0.25) is 4.79 Å². The highest BCUT2D eigenvalue weighted by atomic mass is 16.5. The summed E-state index contributed by atoms with van der Waals surface area (Å²) in [5.74, 6) is 2.06. The van der Waals surface area contributed by atoms with Crippen molar-refractivity contribution < 1.29 is 13.9 Å². The molecule has 2 aliphatic heterocycles. The van der Waals surface area contributed by atoms with Crippen LogP contribution in [0.4, 0.5) is 0 Å². The van der Waals surface area contributed by atoms with Crippen molar-refractivity contribution in [2.75, 3.05) is 13.1 Å². The highest BCUT2D eigenvalue weighted by Gasteiger charge is 2.45. The van der Waals surface area contributed by atoms with E-state index in [1.54, 1.807) is 13.2 Å². The van der Waals surface area contributed by atoms with Crippen molar-refractivity contribution in [3.05, 3.63) is 42.0 Å². The smallest absolute Gasteiger partial charge is 0.270 e. The van der Waals surface area contributed by atoms with Crippen LogP contribution in [0.15, 0.2) is 29.0 Å². The molecule has 0 aromatic carbocycles. The molecule has 2 aliphatic rings. The second kappa shape index (κ2) is 5.78. The first kappa shape index (κ1) is 16.2. The van der Waals surface area contributed by atoms with Crippen molar-refractivity contribution in [1.29, 1.82) is 0 Å². The fourth-order valence-electron chi connectivity index (χ4n) is 3.93. The molecule has 9 nitrogen and oxygen atoms in total. The van der Waals surface area contributed by atoms with Gasteiger partial charge in [0.1, 0.15) is 29.9 Å². The van der Waals surface area contributed by atoms with Gasteiger partial charge in [-0.25, -0.2) is 4.98 Å². The number of carbonyl (C=O) groups excluding carboxylic acids is 1. The van der Waals surface area contributed by atoms with Crippen molar-refractivity contribution in [2.45, 2.75) is 32.1 Å². The van der Waals surface area contributed by atoms with Gasteiger partial charge in [0.05, 0.1) is 13.1 Å². The van der Waals surface area contributed by atoms with Gasteiger partial charge in [-0.15, -0.1) is 10.2 Å². The third-order valence-corrected chi connectivity index (χ3v) is 5.40. The fourth-order valence-corrected chi connectivity index (χ4v) is 3.93. The number of aromatic nitrogens is 5. The predicted octanol–water partition coefficient (Wildman–Crippen LogP) is 1.40. The van der Waals surface area contributed by atoms with Gasteiger partial charge in [-0.2, -0.15) is 0 Å². The lowest BCUT2D eigenvalue weighted by atomic mass is 10.0. The summed E-state index contributed by atoms with van der Waals surface area (Å²) in [5.41, 5.74) is 0.925. The van der Waals surface area contributed by atoms with E-state index in [9.17, 15) is 4.79 Å². The maximum Gasteiger partial charge on any atom is 0.270 e. The number of hydrogen-bond acceptors (Lipinski definition) is 6. The Kier molecular flexibility index (Phi) is 3.48. The molecule has 1 saturated heterocycles. The molecular formula is C18H20N6O3. The van der Waals surface area contributed by atoms with Crippen molar-refractivity contribution in [1.82, 2.24) is 29.2 Å². The summed E-state index contributed by atoms with van der Waals surface area (Å²) in [4.78, 5) is 19.1. The van der Waals surface area contributed by atoms with Crippen molar-refractivity contribution >= 4 is 5.91 Å². The van der Waals surface area contributed by atoms with Crippen LogP contribution in [0.3, 0.4) is 0 Å². The van der Waals surface area contributed by atoms with Gasteiger partial charge in [0, 0.05) is 26.7 Å². The van der Waals surface area contributed by atoms with Gasteiger partial charge in [-0.05, 0) is 18.6 Å². The number of amides is 1. The minimum Gasteiger partial charge on any atom is -0.449 e. The van der Waals surface area contributed by atoms with E-state index in [-0.39, 0.29) is 5.91 Å². The highest BCUT2D eigenvalue weighted by Crippen LogP contribution is 2.34. The first-order chi connectivity index (χ1) is 13.0. The van der Waals surface area contributed by atoms with E-state index in [1.807, 2.05) is 39.4 Å². The Morgan fingerprint density at radius 1 is 1.30 bits per heavy atom. The van der Waals surface area contributed by atoms with Crippen LogP contribution in [0.2, 0.25) is 0 Å². The normalized spacial score (nSPS) is 21.8. The zero-order valence-electron chi connectivity index (χ0n) is 15.3. The van der Waals surface area contributed by atoms with Crippen molar-refractivity contribution in [2.24, 2.45) is 7.05 Å². The van der Waals surface area contributed by atoms with E-state index < -0.39 is 5.60 Å². The summed E-state index contributed by atoms with van der Waals surface area (Å²) in [5, 5.41) is 8.49. The molecule has 27 heavy (non-hydrogen) atoms. The molecule has 0 radical (unpaired) electrons. The average molecular weight is 368 g/mol. The summed E-state index contributed by atoms with van der Waals surface area (Å²) in [7, 11) is 1.88. The minimum absolute atomic E-state index is 0.0323. The molecule has 9 heteroatoms. The molecule has 0 N–H and O–H groups in total. The Hall–Kier alpha value is -2.94. The lowest BCUT2D eigenvalue weighted by Crippen LogP contribution is -2.45. The zero-order valence-corrected chi connectivity index (χ0v) is 15.3. The molecule has 1 atom stereocenters. The summed E-state index contributed by atoms with van der Waals surface area (Å²) in [6.45, 7) is 3.97. The second-order valence-electron chi connectivity index (χ2n) is 7.23. The Morgan fingerprint density at radius 3 is 2.93 bits per heavy atom. The molecule has 140 valence electrons. The third kappa shape index (κ3) is 2.57. The SMILES string of the molecule is Cc1nc(-c2nnc3n2CC2(CCN(C(=O)c4cccn4C)C2)OC3)co1. The molecule has 1 amide bonds. The number of ether oxygens (including phenoxy) is 1. The van der Waals surface area contributed by atoms with E-state index in [0.29, 0.717) is 49.3 Å². The first-order valence-electron chi connectivity index (χ1n) is 8.94. The van der Waals surface area contributed by atoms with Crippen LogP contribution in [0.1, 0.15) is 28.6 Å². The van der Waals surface area contributed by atoms with E-state index in [2.05, 4.69) is 15.2 Å². The third-order valence-electron chi connectivity index (χ3n) is 5.40. The largest absolute Gasteiger partial charge is 0.449 e. The van der Waals surface area contributed by atoms with E-state index in [1.165, 1.54) is 0 Å².